The Hall–Kier alpha value is -1.40. The molecule has 0 radical (unpaired) electrons. The molecule has 2 fully saturated rings. The maximum Gasteiger partial charge on any atom is 0.310 e. The molecule has 6 heteroatoms. The first-order valence-electron chi connectivity index (χ1n) is 6.95. The minimum absolute atomic E-state index is 0.0375. The lowest BCUT2D eigenvalue weighted by Crippen LogP contribution is -2.34. The molecule has 6 nitrogen and oxygen atoms in total. The first-order chi connectivity index (χ1) is 9.74. The molecule has 2 heterocycles. The molecule has 2 saturated heterocycles. The van der Waals surface area contributed by atoms with E-state index in [9.17, 15) is 9.59 Å². The summed E-state index contributed by atoms with van der Waals surface area (Å²) in [6.45, 7) is 1.84. The van der Waals surface area contributed by atoms with Gasteiger partial charge in [0.2, 0.25) is 0 Å². The summed E-state index contributed by atoms with van der Waals surface area (Å²) in [7, 11) is 0. The highest BCUT2D eigenvalue weighted by Crippen LogP contribution is 2.28. The van der Waals surface area contributed by atoms with Gasteiger partial charge in [0, 0.05) is 0 Å². The van der Waals surface area contributed by atoms with Gasteiger partial charge in [-0.2, -0.15) is 0 Å². The van der Waals surface area contributed by atoms with Crippen LogP contribution < -0.4 is 0 Å². The maximum absolute atomic E-state index is 12.1. The second kappa shape index (κ2) is 5.93. The summed E-state index contributed by atoms with van der Waals surface area (Å²) < 4.78 is 20.4. The summed E-state index contributed by atoms with van der Waals surface area (Å²) in [6, 6.07) is 0. The van der Waals surface area contributed by atoms with Crippen molar-refractivity contribution >= 4 is 11.9 Å². The predicted octanol–water partition coefficient (Wildman–Crippen LogP) is 0.453. The minimum atomic E-state index is -0.452. The topological polar surface area (TPSA) is 77.7 Å². The number of hydrogen-bond acceptors (Lipinski definition) is 6. The Morgan fingerprint density at radius 3 is 1.65 bits per heavy atom. The fourth-order valence-corrected chi connectivity index (χ4v) is 2.23. The van der Waals surface area contributed by atoms with Crippen LogP contribution in [0.3, 0.4) is 0 Å². The van der Waals surface area contributed by atoms with Gasteiger partial charge in [-0.15, -0.1) is 0 Å². The standard InChI is InChI=1S/C14H18O6/c15-13(19-7-9-5-17-9)11-3-1-2-4-12(11)14(16)20-8-10-6-18-10/h1-2,9-12H,3-8H2/t9-,10-,11-,12+/m1/s1. The number of carbonyl (C=O) groups excluding carboxylic acids is 2. The number of allylic oxidation sites excluding steroid dienone is 2. The minimum Gasteiger partial charge on any atom is -0.463 e. The number of rotatable bonds is 6. The molecule has 4 atom stereocenters. The number of carbonyl (C=O) groups is 2. The predicted molar refractivity (Wildman–Crippen MR) is 66.8 cm³/mol. The molecule has 0 spiro atoms. The molecular weight excluding hydrogens is 264 g/mol. The molecule has 0 unspecified atom stereocenters. The molecule has 20 heavy (non-hydrogen) atoms. The molecule has 1 aliphatic carbocycles. The number of hydrogen-bond donors (Lipinski definition) is 0. The zero-order valence-corrected chi connectivity index (χ0v) is 11.2. The van der Waals surface area contributed by atoms with Crippen molar-refractivity contribution in [2.75, 3.05) is 26.4 Å². The Morgan fingerprint density at radius 1 is 0.900 bits per heavy atom. The molecule has 3 aliphatic rings. The monoisotopic (exact) mass is 282 g/mol. The van der Waals surface area contributed by atoms with Gasteiger partial charge in [0.25, 0.3) is 0 Å². The van der Waals surface area contributed by atoms with Crippen molar-refractivity contribution in [2.45, 2.75) is 25.0 Å². The molecule has 0 aromatic rings. The Morgan fingerprint density at radius 2 is 1.30 bits per heavy atom. The summed E-state index contributed by atoms with van der Waals surface area (Å²) in [5.41, 5.74) is 0. The highest BCUT2D eigenvalue weighted by molar-refractivity contribution is 5.82. The van der Waals surface area contributed by atoms with Crippen LogP contribution >= 0.6 is 0 Å². The number of ether oxygens (including phenoxy) is 4. The van der Waals surface area contributed by atoms with Crippen LogP contribution in [-0.4, -0.2) is 50.6 Å². The van der Waals surface area contributed by atoms with E-state index < -0.39 is 11.8 Å². The van der Waals surface area contributed by atoms with Crippen molar-refractivity contribution in [1.29, 1.82) is 0 Å². The number of epoxide rings is 2. The Labute approximate surface area is 117 Å². The van der Waals surface area contributed by atoms with Gasteiger partial charge < -0.3 is 18.9 Å². The van der Waals surface area contributed by atoms with Gasteiger partial charge in [0.15, 0.2) is 0 Å². The molecule has 3 rings (SSSR count). The van der Waals surface area contributed by atoms with Crippen molar-refractivity contribution in [3.8, 4) is 0 Å². The van der Waals surface area contributed by atoms with Crippen LogP contribution in [-0.2, 0) is 28.5 Å². The lowest BCUT2D eigenvalue weighted by Gasteiger charge is -2.25. The molecule has 0 amide bonds. The van der Waals surface area contributed by atoms with Crippen molar-refractivity contribution in [3.05, 3.63) is 12.2 Å². The van der Waals surface area contributed by atoms with Gasteiger partial charge >= 0.3 is 11.9 Å². The van der Waals surface area contributed by atoms with Crippen molar-refractivity contribution in [2.24, 2.45) is 11.8 Å². The average molecular weight is 282 g/mol. The van der Waals surface area contributed by atoms with Crippen LogP contribution in [0.4, 0.5) is 0 Å². The zero-order chi connectivity index (χ0) is 13.9. The molecule has 0 bridgehead atoms. The van der Waals surface area contributed by atoms with Gasteiger partial charge in [-0.25, -0.2) is 0 Å². The smallest absolute Gasteiger partial charge is 0.310 e. The third kappa shape index (κ3) is 3.58. The fourth-order valence-electron chi connectivity index (χ4n) is 2.23. The first kappa shape index (κ1) is 13.6. The quantitative estimate of drug-likeness (QED) is 0.400. The van der Waals surface area contributed by atoms with E-state index >= 15 is 0 Å². The van der Waals surface area contributed by atoms with E-state index in [2.05, 4.69) is 0 Å². The van der Waals surface area contributed by atoms with Crippen LogP contribution in [0.5, 0.6) is 0 Å². The van der Waals surface area contributed by atoms with Crippen LogP contribution in [0.25, 0.3) is 0 Å². The number of esters is 2. The highest BCUT2D eigenvalue weighted by Gasteiger charge is 2.38. The summed E-state index contributed by atoms with van der Waals surface area (Å²) in [5.74, 6) is -1.58. The largest absolute Gasteiger partial charge is 0.463 e. The van der Waals surface area contributed by atoms with Crippen LogP contribution in [0.1, 0.15) is 12.8 Å². The summed E-state index contributed by atoms with van der Waals surface area (Å²) in [5, 5.41) is 0. The second-order valence-electron chi connectivity index (χ2n) is 5.33. The third-order valence-electron chi connectivity index (χ3n) is 3.67. The molecular formula is C14H18O6. The summed E-state index contributed by atoms with van der Waals surface area (Å²) in [4.78, 5) is 24.1. The second-order valence-corrected chi connectivity index (χ2v) is 5.33. The van der Waals surface area contributed by atoms with Gasteiger partial charge in [0.05, 0.1) is 25.0 Å². The van der Waals surface area contributed by atoms with Crippen LogP contribution in [0, 0.1) is 11.8 Å². The SMILES string of the molecule is O=C(OC[C@H]1CO1)[C@H]1CC=CC[C@H]1C(=O)OC[C@H]1CO1. The molecule has 0 aromatic heterocycles. The van der Waals surface area contributed by atoms with E-state index in [1.165, 1.54) is 0 Å². The van der Waals surface area contributed by atoms with E-state index in [0.29, 0.717) is 26.1 Å². The van der Waals surface area contributed by atoms with E-state index in [0.717, 1.165) is 0 Å². The zero-order valence-electron chi connectivity index (χ0n) is 11.2. The molecule has 0 aromatic carbocycles. The van der Waals surface area contributed by atoms with E-state index in [-0.39, 0.29) is 37.4 Å². The van der Waals surface area contributed by atoms with Gasteiger partial charge in [0.1, 0.15) is 25.4 Å². The first-order valence-corrected chi connectivity index (χ1v) is 6.95. The van der Waals surface area contributed by atoms with E-state index in [1.807, 2.05) is 12.2 Å². The Bertz CT molecular complexity index is 372. The van der Waals surface area contributed by atoms with Gasteiger partial charge in [-0.1, -0.05) is 12.2 Å². The molecule has 110 valence electrons. The maximum atomic E-state index is 12.1. The Kier molecular flexibility index (Phi) is 4.03. The molecule has 0 N–H and O–H groups in total. The Balaban J connectivity index is 1.52. The molecule has 2 aliphatic heterocycles. The third-order valence-corrected chi connectivity index (χ3v) is 3.67. The lowest BCUT2D eigenvalue weighted by atomic mass is 9.83. The van der Waals surface area contributed by atoms with E-state index in [1.54, 1.807) is 0 Å². The van der Waals surface area contributed by atoms with Crippen LogP contribution in [0.15, 0.2) is 12.2 Å². The van der Waals surface area contributed by atoms with Crippen molar-refractivity contribution in [3.63, 3.8) is 0 Å². The van der Waals surface area contributed by atoms with Gasteiger partial charge in [-0.05, 0) is 12.8 Å². The van der Waals surface area contributed by atoms with E-state index in [4.69, 9.17) is 18.9 Å². The fraction of sp³-hybridized carbons (Fsp3) is 0.714. The normalized spacial score (nSPS) is 34.4. The van der Waals surface area contributed by atoms with Crippen LogP contribution in [0.2, 0.25) is 0 Å². The molecule has 0 saturated carbocycles. The lowest BCUT2D eigenvalue weighted by molar-refractivity contribution is -0.161. The van der Waals surface area contributed by atoms with Gasteiger partial charge in [-0.3, -0.25) is 9.59 Å². The van der Waals surface area contributed by atoms with Crippen molar-refractivity contribution < 1.29 is 28.5 Å². The average Bonchev–Trinajstić information content (AvgIpc) is 3.36. The highest BCUT2D eigenvalue weighted by atomic mass is 16.6. The van der Waals surface area contributed by atoms with Crippen molar-refractivity contribution in [1.82, 2.24) is 0 Å². The summed E-state index contributed by atoms with van der Waals surface area (Å²) >= 11 is 0. The summed E-state index contributed by atoms with van der Waals surface area (Å²) in [6.07, 6.45) is 4.93.